The Kier molecular flexibility index (Phi) is 5.59. The van der Waals surface area contributed by atoms with Gasteiger partial charge in [0.05, 0.1) is 17.1 Å². The van der Waals surface area contributed by atoms with Gasteiger partial charge in [0.2, 0.25) is 0 Å². The van der Waals surface area contributed by atoms with Crippen molar-refractivity contribution >= 4 is 27.3 Å². The van der Waals surface area contributed by atoms with Gasteiger partial charge in [0.1, 0.15) is 0 Å². The molecular formula is C22H22ClNO2S. The number of rotatable bonds is 5. The fraction of sp³-hybridized carbons (Fsp3) is 0.182. The van der Waals surface area contributed by atoms with Crippen molar-refractivity contribution < 1.29 is 8.42 Å². The Morgan fingerprint density at radius 1 is 0.852 bits per heavy atom. The average molecular weight is 400 g/mol. The van der Waals surface area contributed by atoms with Crippen LogP contribution in [0.4, 0.5) is 5.69 Å². The molecule has 0 aromatic heterocycles. The highest BCUT2D eigenvalue weighted by molar-refractivity contribution is 7.92. The SMILES string of the molecule is Cc1ccc(S(=O)(=O)N(Cc2cccc(Cl)c2)c2ccc(C)c(C)c2)cc1. The van der Waals surface area contributed by atoms with E-state index in [1.165, 1.54) is 4.31 Å². The van der Waals surface area contributed by atoms with E-state index in [1.807, 2.05) is 63.2 Å². The van der Waals surface area contributed by atoms with Crippen LogP contribution in [-0.4, -0.2) is 8.42 Å². The number of halogens is 1. The molecule has 0 aliphatic carbocycles. The van der Waals surface area contributed by atoms with Crippen LogP contribution in [0.15, 0.2) is 71.6 Å². The van der Waals surface area contributed by atoms with Crippen LogP contribution in [0.5, 0.6) is 0 Å². The molecule has 0 atom stereocenters. The second-order valence-corrected chi connectivity index (χ2v) is 9.02. The highest BCUT2D eigenvalue weighted by Gasteiger charge is 2.25. The molecule has 3 aromatic carbocycles. The molecule has 0 spiro atoms. The van der Waals surface area contributed by atoms with E-state index < -0.39 is 10.0 Å². The summed E-state index contributed by atoms with van der Waals surface area (Å²) in [5, 5.41) is 0.584. The Bertz CT molecular complexity index is 1060. The quantitative estimate of drug-likeness (QED) is 0.555. The molecule has 0 saturated heterocycles. The molecule has 3 nitrogen and oxygen atoms in total. The normalized spacial score (nSPS) is 11.4. The number of sulfonamides is 1. The van der Waals surface area contributed by atoms with E-state index in [2.05, 4.69) is 0 Å². The summed E-state index contributed by atoms with van der Waals surface area (Å²) in [7, 11) is -3.72. The van der Waals surface area contributed by atoms with Crippen LogP contribution in [0.25, 0.3) is 0 Å². The van der Waals surface area contributed by atoms with Gasteiger partial charge in [0.15, 0.2) is 0 Å². The van der Waals surface area contributed by atoms with Gasteiger partial charge in [-0.2, -0.15) is 0 Å². The van der Waals surface area contributed by atoms with Crippen molar-refractivity contribution in [2.24, 2.45) is 0 Å². The zero-order valence-electron chi connectivity index (χ0n) is 15.6. The summed E-state index contributed by atoms with van der Waals surface area (Å²) in [5.41, 5.74) is 4.65. The first kappa shape index (κ1) is 19.5. The highest BCUT2D eigenvalue weighted by Crippen LogP contribution is 2.28. The van der Waals surface area contributed by atoms with Crippen LogP contribution in [-0.2, 0) is 16.6 Å². The Morgan fingerprint density at radius 2 is 1.56 bits per heavy atom. The minimum atomic E-state index is -3.72. The standard InChI is InChI=1S/C22H22ClNO2S/c1-16-7-11-22(12-8-16)27(25,26)24(15-19-5-4-6-20(23)14-19)21-10-9-17(2)18(3)13-21/h4-14H,15H2,1-3H3. The summed E-state index contributed by atoms with van der Waals surface area (Å²) >= 11 is 6.10. The fourth-order valence-electron chi connectivity index (χ4n) is 2.83. The number of aryl methyl sites for hydroxylation is 3. The van der Waals surface area contributed by atoms with Crippen LogP contribution in [0.1, 0.15) is 22.3 Å². The van der Waals surface area contributed by atoms with Gasteiger partial charge in [-0.1, -0.05) is 47.5 Å². The minimum absolute atomic E-state index is 0.208. The third-order valence-electron chi connectivity index (χ3n) is 4.60. The van der Waals surface area contributed by atoms with Crippen molar-refractivity contribution in [1.82, 2.24) is 0 Å². The highest BCUT2D eigenvalue weighted by atomic mass is 35.5. The van der Waals surface area contributed by atoms with Crippen molar-refractivity contribution in [3.8, 4) is 0 Å². The molecule has 140 valence electrons. The van der Waals surface area contributed by atoms with E-state index in [-0.39, 0.29) is 11.4 Å². The van der Waals surface area contributed by atoms with E-state index in [1.54, 1.807) is 24.3 Å². The maximum Gasteiger partial charge on any atom is 0.264 e. The molecule has 0 saturated carbocycles. The van der Waals surface area contributed by atoms with Gasteiger partial charge in [-0.25, -0.2) is 8.42 Å². The summed E-state index contributed by atoms with van der Waals surface area (Å²) in [5.74, 6) is 0. The van der Waals surface area contributed by atoms with Gasteiger partial charge in [0, 0.05) is 5.02 Å². The Morgan fingerprint density at radius 3 is 2.19 bits per heavy atom. The molecular weight excluding hydrogens is 378 g/mol. The van der Waals surface area contributed by atoms with Crippen LogP contribution < -0.4 is 4.31 Å². The molecule has 0 N–H and O–H groups in total. The maximum atomic E-state index is 13.4. The van der Waals surface area contributed by atoms with Crippen molar-refractivity contribution in [1.29, 1.82) is 0 Å². The second kappa shape index (κ2) is 7.75. The lowest BCUT2D eigenvalue weighted by atomic mass is 10.1. The van der Waals surface area contributed by atoms with E-state index >= 15 is 0 Å². The monoisotopic (exact) mass is 399 g/mol. The number of hydrogen-bond acceptors (Lipinski definition) is 2. The van der Waals surface area contributed by atoms with Gasteiger partial charge in [0.25, 0.3) is 10.0 Å². The molecule has 0 unspecified atom stereocenters. The molecule has 0 amide bonds. The minimum Gasteiger partial charge on any atom is -0.262 e. The predicted molar refractivity (Wildman–Crippen MR) is 112 cm³/mol. The van der Waals surface area contributed by atoms with E-state index in [9.17, 15) is 8.42 Å². The van der Waals surface area contributed by atoms with Crippen molar-refractivity contribution in [3.05, 3.63) is 94.0 Å². The molecule has 0 aliphatic rings. The molecule has 27 heavy (non-hydrogen) atoms. The maximum absolute atomic E-state index is 13.4. The lowest BCUT2D eigenvalue weighted by Crippen LogP contribution is -2.30. The first-order valence-corrected chi connectivity index (χ1v) is 10.5. The average Bonchev–Trinajstić information content (AvgIpc) is 2.62. The van der Waals surface area contributed by atoms with Gasteiger partial charge in [-0.3, -0.25) is 4.31 Å². The summed E-state index contributed by atoms with van der Waals surface area (Å²) in [6.07, 6.45) is 0. The van der Waals surface area contributed by atoms with Gasteiger partial charge in [-0.05, 0) is 73.9 Å². The van der Waals surface area contributed by atoms with Crippen LogP contribution >= 0.6 is 11.6 Å². The topological polar surface area (TPSA) is 37.4 Å². The van der Waals surface area contributed by atoms with Crippen LogP contribution in [0.2, 0.25) is 5.02 Å². The largest absolute Gasteiger partial charge is 0.264 e. The van der Waals surface area contributed by atoms with Crippen molar-refractivity contribution in [3.63, 3.8) is 0 Å². The van der Waals surface area contributed by atoms with Crippen LogP contribution in [0.3, 0.4) is 0 Å². The smallest absolute Gasteiger partial charge is 0.262 e. The summed E-state index contributed by atoms with van der Waals surface area (Å²) < 4.78 is 28.3. The number of hydrogen-bond donors (Lipinski definition) is 0. The van der Waals surface area contributed by atoms with E-state index in [4.69, 9.17) is 11.6 Å². The lowest BCUT2D eigenvalue weighted by Gasteiger charge is -2.25. The molecule has 0 radical (unpaired) electrons. The zero-order chi connectivity index (χ0) is 19.6. The second-order valence-electron chi connectivity index (χ2n) is 6.72. The van der Waals surface area contributed by atoms with Crippen LogP contribution in [0, 0.1) is 20.8 Å². The molecule has 3 aromatic rings. The zero-order valence-corrected chi connectivity index (χ0v) is 17.2. The fourth-order valence-corrected chi connectivity index (χ4v) is 4.49. The Labute approximate surface area is 166 Å². The number of anilines is 1. The van der Waals surface area contributed by atoms with Crippen molar-refractivity contribution in [2.75, 3.05) is 4.31 Å². The molecule has 0 heterocycles. The van der Waals surface area contributed by atoms with E-state index in [0.717, 1.165) is 22.3 Å². The molecule has 3 rings (SSSR count). The Hall–Kier alpha value is -2.30. The lowest BCUT2D eigenvalue weighted by molar-refractivity contribution is 0.590. The molecule has 5 heteroatoms. The third kappa shape index (κ3) is 4.34. The predicted octanol–water partition coefficient (Wildman–Crippen LogP) is 5.66. The number of benzene rings is 3. The first-order valence-electron chi connectivity index (χ1n) is 8.68. The Balaban J connectivity index is 2.11. The third-order valence-corrected chi connectivity index (χ3v) is 6.63. The van der Waals surface area contributed by atoms with E-state index in [0.29, 0.717) is 10.7 Å². The molecule has 0 aliphatic heterocycles. The van der Waals surface area contributed by atoms with Crippen molar-refractivity contribution in [2.45, 2.75) is 32.2 Å². The summed E-state index contributed by atoms with van der Waals surface area (Å²) in [6, 6.07) is 19.9. The summed E-state index contributed by atoms with van der Waals surface area (Å²) in [4.78, 5) is 0.272. The molecule has 0 fully saturated rings. The summed E-state index contributed by atoms with van der Waals surface area (Å²) in [6.45, 7) is 6.13. The van der Waals surface area contributed by atoms with Gasteiger partial charge < -0.3 is 0 Å². The first-order chi connectivity index (χ1) is 12.8. The number of nitrogens with zero attached hydrogens (tertiary/aromatic N) is 1. The van der Waals surface area contributed by atoms with Gasteiger partial charge >= 0.3 is 0 Å². The molecule has 0 bridgehead atoms. The van der Waals surface area contributed by atoms with Gasteiger partial charge in [-0.15, -0.1) is 0 Å².